The second-order valence-electron chi connectivity index (χ2n) is 3.81. The van der Waals surface area contributed by atoms with E-state index in [4.69, 9.17) is 4.74 Å². The van der Waals surface area contributed by atoms with Crippen LogP contribution < -0.4 is 0 Å². The van der Waals surface area contributed by atoms with Crippen LogP contribution in [0.5, 0.6) is 0 Å². The fourth-order valence-corrected chi connectivity index (χ4v) is 1.85. The van der Waals surface area contributed by atoms with Gasteiger partial charge in [-0.25, -0.2) is 0 Å². The van der Waals surface area contributed by atoms with Crippen LogP contribution >= 0.6 is 0 Å². The van der Waals surface area contributed by atoms with Crippen molar-refractivity contribution >= 4 is 0 Å². The van der Waals surface area contributed by atoms with Crippen molar-refractivity contribution in [3.63, 3.8) is 0 Å². The fourth-order valence-electron chi connectivity index (χ4n) is 1.85. The van der Waals surface area contributed by atoms with Gasteiger partial charge in [0.2, 0.25) is 0 Å². The largest absolute Gasteiger partial charge is 0.379 e. The van der Waals surface area contributed by atoms with E-state index >= 15 is 0 Å². The molecule has 1 aliphatic rings. The molecular weight excluding hydrogens is 176 g/mol. The van der Waals surface area contributed by atoms with Gasteiger partial charge in [-0.2, -0.15) is 0 Å². The topological polar surface area (TPSA) is 17.4 Å². The minimum Gasteiger partial charge on any atom is -0.379 e. The molecule has 0 N–H and O–H groups in total. The lowest BCUT2D eigenvalue weighted by atomic mass is 10.3. The molecule has 0 bridgehead atoms. The number of hydrogen-bond acceptors (Lipinski definition) is 2. The van der Waals surface area contributed by atoms with Gasteiger partial charge >= 0.3 is 0 Å². The smallest absolute Gasteiger partial charge is 0.0594 e. The summed E-state index contributed by atoms with van der Waals surface area (Å²) < 4.78 is 7.51. The minimum absolute atomic E-state index is 0.896. The number of aryl methyl sites for hydroxylation is 1. The van der Waals surface area contributed by atoms with Gasteiger partial charge < -0.3 is 9.30 Å². The third kappa shape index (κ3) is 2.36. The average Bonchev–Trinajstić information content (AvgIpc) is 2.63. The molecule has 1 aliphatic heterocycles. The van der Waals surface area contributed by atoms with Crippen LogP contribution in [0, 0.1) is 0 Å². The molecule has 0 atom stereocenters. The summed E-state index contributed by atoms with van der Waals surface area (Å²) in [5.74, 6) is 0. The number of hydrogen-bond donors (Lipinski definition) is 0. The summed E-state index contributed by atoms with van der Waals surface area (Å²) in [6, 6.07) is 4.30. The average molecular weight is 194 g/mol. The zero-order chi connectivity index (χ0) is 9.80. The molecule has 1 aromatic heterocycles. The maximum Gasteiger partial charge on any atom is 0.0594 e. The van der Waals surface area contributed by atoms with Crippen molar-refractivity contribution in [1.29, 1.82) is 0 Å². The highest BCUT2D eigenvalue weighted by Crippen LogP contribution is 2.03. The zero-order valence-corrected chi connectivity index (χ0v) is 8.78. The Balaban J connectivity index is 1.79. The van der Waals surface area contributed by atoms with Crippen LogP contribution in [-0.2, 0) is 18.2 Å². The summed E-state index contributed by atoms with van der Waals surface area (Å²) in [4.78, 5) is 2.47. The molecular formula is C11H18N2O. The van der Waals surface area contributed by atoms with Gasteiger partial charge in [0, 0.05) is 45.0 Å². The molecule has 0 radical (unpaired) electrons. The Bertz CT molecular complexity index is 277. The minimum atomic E-state index is 0.896. The molecule has 1 aromatic rings. The van der Waals surface area contributed by atoms with E-state index in [1.165, 1.54) is 5.69 Å². The van der Waals surface area contributed by atoms with Gasteiger partial charge in [0.1, 0.15) is 0 Å². The van der Waals surface area contributed by atoms with Gasteiger partial charge in [-0.05, 0) is 12.1 Å². The highest BCUT2D eigenvalue weighted by Gasteiger charge is 2.10. The van der Waals surface area contributed by atoms with Gasteiger partial charge in [0.25, 0.3) is 0 Å². The predicted octanol–water partition coefficient (Wildman–Crippen LogP) is 0.900. The Kier molecular flexibility index (Phi) is 3.22. The number of aromatic nitrogens is 1. The van der Waals surface area contributed by atoms with Crippen molar-refractivity contribution in [3.8, 4) is 0 Å². The molecule has 0 aliphatic carbocycles. The molecule has 2 heterocycles. The van der Waals surface area contributed by atoms with Crippen molar-refractivity contribution in [2.45, 2.75) is 6.42 Å². The van der Waals surface area contributed by atoms with Crippen LogP contribution in [0.15, 0.2) is 18.3 Å². The second kappa shape index (κ2) is 4.62. The molecule has 3 heteroatoms. The quantitative estimate of drug-likeness (QED) is 0.711. The molecule has 3 nitrogen and oxygen atoms in total. The third-order valence-corrected chi connectivity index (χ3v) is 2.84. The SMILES string of the molecule is Cn1cccc1CCN1CCOCC1. The lowest BCUT2D eigenvalue weighted by Gasteiger charge is -2.26. The number of ether oxygens (including phenoxy) is 1. The molecule has 0 spiro atoms. The first-order valence-corrected chi connectivity index (χ1v) is 5.26. The van der Waals surface area contributed by atoms with Crippen LogP contribution in [0.3, 0.4) is 0 Å². The maximum absolute atomic E-state index is 5.31. The van der Waals surface area contributed by atoms with Gasteiger partial charge in [0.15, 0.2) is 0 Å². The number of morpholine rings is 1. The Hall–Kier alpha value is -0.800. The first kappa shape index (κ1) is 9.74. The van der Waals surface area contributed by atoms with Crippen molar-refractivity contribution in [2.24, 2.45) is 7.05 Å². The second-order valence-corrected chi connectivity index (χ2v) is 3.81. The van der Waals surface area contributed by atoms with E-state index in [-0.39, 0.29) is 0 Å². The van der Waals surface area contributed by atoms with E-state index in [2.05, 4.69) is 34.8 Å². The van der Waals surface area contributed by atoms with Crippen LogP contribution in [0.1, 0.15) is 5.69 Å². The summed E-state index contributed by atoms with van der Waals surface area (Å²) >= 11 is 0. The van der Waals surface area contributed by atoms with E-state index in [9.17, 15) is 0 Å². The third-order valence-electron chi connectivity index (χ3n) is 2.84. The van der Waals surface area contributed by atoms with Gasteiger partial charge in [-0.1, -0.05) is 0 Å². The van der Waals surface area contributed by atoms with Crippen LogP contribution in [-0.4, -0.2) is 42.3 Å². The normalized spacial score (nSPS) is 18.6. The van der Waals surface area contributed by atoms with Crippen LogP contribution in [0.25, 0.3) is 0 Å². The molecule has 0 aromatic carbocycles. The lowest BCUT2D eigenvalue weighted by Crippen LogP contribution is -2.37. The Morgan fingerprint density at radius 3 is 2.79 bits per heavy atom. The molecule has 1 saturated heterocycles. The zero-order valence-electron chi connectivity index (χ0n) is 8.78. The van der Waals surface area contributed by atoms with E-state index in [0.29, 0.717) is 0 Å². The Labute approximate surface area is 85.3 Å². The molecule has 0 saturated carbocycles. The first-order chi connectivity index (χ1) is 6.86. The van der Waals surface area contributed by atoms with Crippen molar-refractivity contribution in [2.75, 3.05) is 32.8 Å². The first-order valence-electron chi connectivity index (χ1n) is 5.26. The Morgan fingerprint density at radius 1 is 1.36 bits per heavy atom. The van der Waals surface area contributed by atoms with Gasteiger partial charge in [-0.15, -0.1) is 0 Å². The van der Waals surface area contributed by atoms with Gasteiger partial charge in [0.05, 0.1) is 13.2 Å². The molecule has 0 unspecified atom stereocenters. The highest BCUT2D eigenvalue weighted by molar-refractivity contribution is 5.06. The monoisotopic (exact) mass is 194 g/mol. The van der Waals surface area contributed by atoms with E-state index in [1.54, 1.807) is 0 Å². The van der Waals surface area contributed by atoms with E-state index in [0.717, 1.165) is 39.3 Å². The molecule has 0 amide bonds. The fraction of sp³-hybridized carbons (Fsp3) is 0.636. The summed E-state index contributed by atoms with van der Waals surface area (Å²) in [7, 11) is 2.11. The van der Waals surface area contributed by atoms with Crippen LogP contribution in [0.4, 0.5) is 0 Å². The van der Waals surface area contributed by atoms with Crippen molar-refractivity contribution in [1.82, 2.24) is 9.47 Å². The maximum atomic E-state index is 5.31. The molecule has 2 rings (SSSR count). The van der Waals surface area contributed by atoms with E-state index in [1.807, 2.05) is 0 Å². The molecule has 14 heavy (non-hydrogen) atoms. The summed E-state index contributed by atoms with van der Waals surface area (Å²) in [5.41, 5.74) is 1.41. The summed E-state index contributed by atoms with van der Waals surface area (Å²) in [6.07, 6.45) is 3.25. The van der Waals surface area contributed by atoms with E-state index < -0.39 is 0 Å². The molecule has 1 fully saturated rings. The lowest BCUT2D eigenvalue weighted by molar-refractivity contribution is 0.0383. The van der Waals surface area contributed by atoms with Crippen molar-refractivity contribution < 1.29 is 4.74 Å². The van der Waals surface area contributed by atoms with Crippen molar-refractivity contribution in [3.05, 3.63) is 24.0 Å². The predicted molar refractivity (Wildman–Crippen MR) is 56.4 cm³/mol. The number of rotatable bonds is 3. The van der Waals surface area contributed by atoms with Gasteiger partial charge in [-0.3, -0.25) is 4.90 Å². The standard InChI is InChI=1S/C11H18N2O/c1-12-5-2-3-11(12)4-6-13-7-9-14-10-8-13/h2-3,5H,4,6-10H2,1H3. The summed E-state index contributed by atoms with van der Waals surface area (Å²) in [6.45, 7) is 5.12. The Morgan fingerprint density at radius 2 is 2.14 bits per heavy atom. The highest BCUT2D eigenvalue weighted by atomic mass is 16.5. The van der Waals surface area contributed by atoms with Crippen LogP contribution in [0.2, 0.25) is 0 Å². The number of nitrogens with zero attached hydrogens (tertiary/aromatic N) is 2. The molecule has 78 valence electrons. The summed E-state index contributed by atoms with van der Waals surface area (Å²) in [5, 5.41) is 0.